The van der Waals surface area contributed by atoms with Crippen LogP contribution >= 0.6 is 11.6 Å². The average molecular weight is 271 g/mol. The number of benzene rings is 2. The van der Waals surface area contributed by atoms with E-state index < -0.39 is 0 Å². The number of aliphatic imine (C=N–C) groups is 1. The minimum atomic E-state index is 0.787. The van der Waals surface area contributed by atoms with Crippen molar-refractivity contribution in [2.75, 3.05) is 13.1 Å². The molecule has 0 N–H and O–H groups in total. The van der Waals surface area contributed by atoms with Crippen molar-refractivity contribution >= 4 is 17.4 Å². The fourth-order valence-corrected chi connectivity index (χ4v) is 2.57. The third kappa shape index (κ3) is 2.79. The molecule has 0 bridgehead atoms. The zero-order valence-corrected chi connectivity index (χ0v) is 11.3. The summed E-state index contributed by atoms with van der Waals surface area (Å²) in [4.78, 5) is 6.92. The van der Waals surface area contributed by atoms with E-state index >= 15 is 0 Å². The quantitative estimate of drug-likeness (QED) is 0.832. The molecule has 2 nitrogen and oxygen atoms in total. The lowest BCUT2D eigenvalue weighted by Gasteiger charge is -2.20. The third-order valence-corrected chi connectivity index (χ3v) is 3.46. The Morgan fingerprint density at radius 1 is 1.05 bits per heavy atom. The molecule has 3 rings (SSSR count). The molecule has 3 heteroatoms. The summed E-state index contributed by atoms with van der Waals surface area (Å²) < 4.78 is 0. The summed E-state index contributed by atoms with van der Waals surface area (Å²) in [6.45, 7) is 2.69. The van der Waals surface area contributed by atoms with E-state index in [4.69, 9.17) is 11.6 Å². The predicted molar refractivity (Wildman–Crippen MR) is 79.7 cm³/mol. The number of hydrogen-bond acceptors (Lipinski definition) is 2. The third-order valence-electron chi connectivity index (χ3n) is 3.23. The van der Waals surface area contributed by atoms with Crippen LogP contribution in [-0.2, 0) is 6.54 Å². The van der Waals surface area contributed by atoms with Crippen LogP contribution in [0, 0.1) is 0 Å². The summed E-state index contributed by atoms with van der Waals surface area (Å²) in [6.07, 6.45) is 0. The lowest BCUT2D eigenvalue weighted by Crippen LogP contribution is -2.27. The first kappa shape index (κ1) is 12.2. The number of rotatable bonds is 3. The van der Waals surface area contributed by atoms with Crippen molar-refractivity contribution in [1.29, 1.82) is 0 Å². The van der Waals surface area contributed by atoms with Crippen molar-refractivity contribution in [3.05, 3.63) is 70.7 Å². The maximum absolute atomic E-state index is 6.03. The van der Waals surface area contributed by atoms with Crippen molar-refractivity contribution < 1.29 is 0 Å². The van der Waals surface area contributed by atoms with Gasteiger partial charge in [-0.05, 0) is 17.7 Å². The minimum Gasteiger partial charge on any atom is -0.350 e. The summed E-state index contributed by atoms with van der Waals surface area (Å²) in [5.41, 5.74) is 2.40. The van der Waals surface area contributed by atoms with Crippen LogP contribution in [0.25, 0.3) is 0 Å². The summed E-state index contributed by atoms with van der Waals surface area (Å²) in [6, 6.07) is 18.4. The molecule has 0 aromatic heterocycles. The van der Waals surface area contributed by atoms with Gasteiger partial charge in [-0.3, -0.25) is 4.99 Å². The van der Waals surface area contributed by atoms with E-state index in [1.807, 2.05) is 36.4 Å². The molecule has 1 aliphatic heterocycles. The highest BCUT2D eigenvalue weighted by Crippen LogP contribution is 2.17. The highest BCUT2D eigenvalue weighted by molar-refractivity contribution is 6.30. The molecule has 0 atom stereocenters. The molecule has 96 valence electrons. The van der Waals surface area contributed by atoms with Gasteiger partial charge >= 0.3 is 0 Å². The van der Waals surface area contributed by atoms with E-state index in [0.717, 1.165) is 30.5 Å². The van der Waals surface area contributed by atoms with Gasteiger partial charge in [0, 0.05) is 23.7 Å². The molecule has 2 aromatic rings. The second-order valence-electron chi connectivity index (χ2n) is 4.62. The molecule has 0 saturated carbocycles. The standard InChI is InChI=1S/C16H15ClN2/c17-15-8-4-5-13(11-15)12-19-10-9-18-16(19)14-6-2-1-3-7-14/h1-8,11H,9-10,12H2. The van der Waals surface area contributed by atoms with Crippen LogP contribution in [-0.4, -0.2) is 23.8 Å². The molecule has 0 saturated heterocycles. The van der Waals surface area contributed by atoms with Crippen LogP contribution in [0.1, 0.15) is 11.1 Å². The summed E-state index contributed by atoms with van der Waals surface area (Å²) >= 11 is 6.03. The van der Waals surface area contributed by atoms with Gasteiger partial charge < -0.3 is 4.90 Å². The van der Waals surface area contributed by atoms with Gasteiger partial charge in [0.25, 0.3) is 0 Å². The molecular weight excluding hydrogens is 256 g/mol. The van der Waals surface area contributed by atoms with Gasteiger partial charge in [-0.15, -0.1) is 0 Å². The number of amidine groups is 1. The zero-order chi connectivity index (χ0) is 13.1. The highest BCUT2D eigenvalue weighted by atomic mass is 35.5. The second kappa shape index (κ2) is 5.45. The predicted octanol–water partition coefficient (Wildman–Crippen LogP) is 3.60. The molecule has 0 fully saturated rings. The van der Waals surface area contributed by atoms with E-state index in [-0.39, 0.29) is 0 Å². The van der Waals surface area contributed by atoms with Crippen molar-refractivity contribution in [3.8, 4) is 0 Å². The van der Waals surface area contributed by atoms with E-state index in [9.17, 15) is 0 Å². The maximum atomic E-state index is 6.03. The monoisotopic (exact) mass is 270 g/mol. The Kier molecular flexibility index (Phi) is 3.51. The van der Waals surface area contributed by atoms with Crippen LogP contribution in [0.5, 0.6) is 0 Å². The topological polar surface area (TPSA) is 15.6 Å². The molecule has 0 aliphatic carbocycles. The van der Waals surface area contributed by atoms with Gasteiger partial charge in [0.2, 0.25) is 0 Å². The molecule has 0 spiro atoms. The van der Waals surface area contributed by atoms with Crippen LogP contribution in [0.2, 0.25) is 5.02 Å². The van der Waals surface area contributed by atoms with E-state index in [0.29, 0.717) is 0 Å². The Labute approximate surface area is 118 Å². The lowest BCUT2D eigenvalue weighted by molar-refractivity contribution is 0.453. The van der Waals surface area contributed by atoms with Crippen molar-refractivity contribution in [1.82, 2.24) is 4.90 Å². The minimum absolute atomic E-state index is 0.787. The summed E-state index contributed by atoms with van der Waals surface area (Å²) in [5.74, 6) is 1.08. The van der Waals surface area contributed by atoms with Crippen molar-refractivity contribution in [3.63, 3.8) is 0 Å². The average Bonchev–Trinajstić information content (AvgIpc) is 2.88. The molecule has 1 aliphatic rings. The van der Waals surface area contributed by atoms with Gasteiger partial charge in [0.15, 0.2) is 0 Å². The SMILES string of the molecule is Clc1cccc(CN2CCN=C2c2ccccc2)c1. The molecule has 19 heavy (non-hydrogen) atoms. The molecule has 0 unspecified atom stereocenters. The first-order valence-corrected chi connectivity index (χ1v) is 6.80. The Morgan fingerprint density at radius 3 is 2.68 bits per heavy atom. The molecule has 0 amide bonds. The fourth-order valence-electron chi connectivity index (χ4n) is 2.35. The van der Waals surface area contributed by atoms with Crippen LogP contribution in [0.3, 0.4) is 0 Å². The number of nitrogens with zero attached hydrogens (tertiary/aromatic N) is 2. The van der Waals surface area contributed by atoms with Gasteiger partial charge in [-0.2, -0.15) is 0 Å². The normalized spacial score (nSPS) is 14.6. The van der Waals surface area contributed by atoms with Gasteiger partial charge in [-0.1, -0.05) is 54.1 Å². The Balaban J connectivity index is 1.80. The smallest absolute Gasteiger partial charge is 0.131 e. The zero-order valence-electron chi connectivity index (χ0n) is 10.6. The fraction of sp³-hybridized carbons (Fsp3) is 0.188. The van der Waals surface area contributed by atoms with Gasteiger partial charge in [0.1, 0.15) is 5.84 Å². The van der Waals surface area contributed by atoms with E-state index in [1.165, 1.54) is 11.1 Å². The van der Waals surface area contributed by atoms with Crippen LogP contribution in [0.15, 0.2) is 59.6 Å². The Bertz CT molecular complexity index is 593. The van der Waals surface area contributed by atoms with Crippen LogP contribution in [0.4, 0.5) is 0 Å². The Hall–Kier alpha value is -1.80. The summed E-state index contributed by atoms with van der Waals surface area (Å²) in [5, 5.41) is 0.787. The first-order chi connectivity index (χ1) is 9.33. The van der Waals surface area contributed by atoms with Crippen LogP contribution < -0.4 is 0 Å². The molecule has 1 heterocycles. The molecule has 0 radical (unpaired) electrons. The summed E-state index contributed by atoms with van der Waals surface area (Å²) in [7, 11) is 0. The highest BCUT2D eigenvalue weighted by Gasteiger charge is 2.18. The maximum Gasteiger partial charge on any atom is 0.131 e. The Morgan fingerprint density at radius 2 is 1.89 bits per heavy atom. The molecular formula is C16H15ClN2. The first-order valence-electron chi connectivity index (χ1n) is 6.42. The second-order valence-corrected chi connectivity index (χ2v) is 5.06. The van der Waals surface area contributed by atoms with Gasteiger partial charge in [0.05, 0.1) is 6.54 Å². The van der Waals surface area contributed by atoms with Crippen molar-refractivity contribution in [2.24, 2.45) is 4.99 Å². The van der Waals surface area contributed by atoms with Crippen molar-refractivity contribution in [2.45, 2.75) is 6.54 Å². The van der Waals surface area contributed by atoms with Gasteiger partial charge in [-0.25, -0.2) is 0 Å². The number of hydrogen-bond donors (Lipinski definition) is 0. The van der Waals surface area contributed by atoms with E-state index in [1.54, 1.807) is 0 Å². The molecule has 2 aromatic carbocycles. The van der Waals surface area contributed by atoms with E-state index in [2.05, 4.69) is 28.1 Å². The lowest BCUT2D eigenvalue weighted by atomic mass is 10.1. The number of halogens is 1. The largest absolute Gasteiger partial charge is 0.350 e.